The Hall–Kier alpha value is -2.89. The van der Waals surface area contributed by atoms with Crippen LogP contribution in [0.2, 0.25) is 0 Å². The summed E-state index contributed by atoms with van der Waals surface area (Å²) in [6.45, 7) is 2.90. The van der Waals surface area contributed by atoms with Gasteiger partial charge in [-0.2, -0.15) is 0 Å². The second-order valence-corrected chi connectivity index (χ2v) is 6.58. The normalized spacial score (nSPS) is 10.9. The molecule has 1 aromatic heterocycles. The molecular weight excluding hydrogens is 356 g/mol. The Bertz CT molecular complexity index is 879. The number of benzene rings is 2. The number of H-pyrrole nitrogens is 1. The van der Waals surface area contributed by atoms with Crippen LogP contribution < -0.4 is 18.9 Å². The van der Waals surface area contributed by atoms with E-state index in [-0.39, 0.29) is 0 Å². The van der Waals surface area contributed by atoms with Crippen molar-refractivity contribution in [2.75, 3.05) is 27.9 Å². The summed E-state index contributed by atoms with van der Waals surface area (Å²) >= 11 is 0. The quantitative estimate of drug-likeness (QED) is 0.486. The van der Waals surface area contributed by atoms with Crippen molar-refractivity contribution in [1.82, 2.24) is 9.97 Å². The fourth-order valence-electron chi connectivity index (χ4n) is 3.12. The van der Waals surface area contributed by atoms with Gasteiger partial charge >= 0.3 is 0 Å². The highest BCUT2D eigenvalue weighted by Crippen LogP contribution is 2.35. The van der Waals surface area contributed by atoms with E-state index in [1.54, 1.807) is 21.3 Å². The molecule has 3 aromatic rings. The molecule has 6 nitrogen and oxygen atoms in total. The van der Waals surface area contributed by atoms with Crippen molar-refractivity contribution in [2.45, 2.75) is 32.6 Å². The van der Waals surface area contributed by atoms with Gasteiger partial charge in [0.05, 0.1) is 39.0 Å². The smallest absolute Gasteiger partial charge is 0.163 e. The molecule has 0 aliphatic heterocycles. The lowest BCUT2D eigenvalue weighted by molar-refractivity contribution is 0.285. The highest BCUT2D eigenvalue weighted by atomic mass is 16.5. The first-order valence-electron chi connectivity index (χ1n) is 9.63. The highest BCUT2D eigenvalue weighted by Gasteiger charge is 2.13. The van der Waals surface area contributed by atoms with Gasteiger partial charge in [-0.25, -0.2) is 4.98 Å². The lowest BCUT2D eigenvalue weighted by Gasteiger charge is -2.11. The van der Waals surface area contributed by atoms with Crippen LogP contribution in [0.5, 0.6) is 23.0 Å². The molecule has 0 fully saturated rings. The first-order valence-corrected chi connectivity index (χ1v) is 9.63. The van der Waals surface area contributed by atoms with Crippen LogP contribution in [0.3, 0.4) is 0 Å². The SMILES string of the molecule is CCCCCCOc1ccc(-c2nc3cc(OC)c(OC)cc3[nH]2)cc1OC. The molecule has 1 N–H and O–H groups in total. The second-order valence-electron chi connectivity index (χ2n) is 6.58. The fourth-order valence-corrected chi connectivity index (χ4v) is 3.12. The van der Waals surface area contributed by atoms with Gasteiger partial charge in [0.1, 0.15) is 5.82 Å². The zero-order valence-electron chi connectivity index (χ0n) is 17.0. The van der Waals surface area contributed by atoms with Crippen LogP contribution in [0.4, 0.5) is 0 Å². The van der Waals surface area contributed by atoms with Gasteiger partial charge in [0, 0.05) is 17.7 Å². The number of rotatable bonds is 10. The zero-order valence-corrected chi connectivity index (χ0v) is 17.0. The van der Waals surface area contributed by atoms with Crippen molar-refractivity contribution >= 4 is 11.0 Å². The molecule has 0 saturated carbocycles. The minimum absolute atomic E-state index is 0.650. The molecule has 0 unspecified atom stereocenters. The van der Waals surface area contributed by atoms with E-state index in [1.807, 2.05) is 30.3 Å². The molecule has 2 aromatic carbocycles. The summed E-state index contributed by atoms with van der Waals surface area (Å²) in [4.78, 5) is 8.01. The van der Waals surface area contributed by atoms with Gasteiger partial charge in [0.25, 0.3) is 0 Å². The number of unbranched alkanes of at least 4 members (excludes halogenated alkanes) is 3. The first-order chi connectivity index (χ1) is 13.7. The maximum atomic E-state index is 5.90. The summed E-state index contributed by atoms with van der Waals surface area (Å²) in [5.41, 5.74) is 2.61. The Morgan fingerprint density at radius 3 is 2.25 bits per heavy atom. The standard InChI is InChI=1S/C22H28N2O4/c1-5-6-7-8-11-28-18-10-9-15(12-19(18)25-2)22-23-16-13-20(26-3)21(27-4)14-17(16)24-22/h9-10,12-14H,5-8,11H2,1-4H3,(H,23,24). The van der Waals surface area contributed by atoms with Gasteiger partial charge in [-0.1, -0.05) is 26.2 Å². The summed E-state index contributed by atoms with van der Waals surface area (Å²) < 4.78 is 22.1. The third-order valence-corrected chi connectivity index (χ3v) is 4.68. The van der Waals surface area contributed by atoms with E-state index in [0.717, 1.165) is 34.6 Å². The molecule has 0 aliphatic rings. The summed E-state index contributed by atoms with van der Waals surface area (Å²) in [6, 6.07) is 9.60. The number of fused-ring (bicyclic) bond motifs is 1. The summed E-state index contributed by atoms with van der Waals surface area (Å²) in [7, 11) is 4.88. The van der Waals surface area contributed by atoms with Crippen LogP contribution in [0.1, 0.15) is 32.6 Å². The minimum atomic E-state index is 0.650. The molecule has 0 bridgehead atoms. The van der Waals surface area contributed by atoms with E-state index in [2.05, 4.69) is 16.9 Å². The predicted molar refractivity (Wildman–Crippen MR) is 111 cm³/mol. The molecule has 1 heterocycles. The molecule has 0 spiro atoms. The third kappa shape index (κ3) is 4.32. The number of aromatic nitrogens is 2. The van der Waals surface area contributed by atoms with Gasteiger partial charge in [-0.3, -0.25) is 0 Å². The molecule has 0 radical (unpaired) electrons. The van der Waals surface area contributed by atoms with Gasteiger partial charge in [0.2, 0.25) is 0 Å². The average molecular weight is 384 g/mol. The summed E-state index contributed by atoms with van der Waals surface area (Å²) in [6.07, 6.45) is 4.68. The minimum Gasteiger partial charge on any atom is -0.493 e. The van der Waals surface area contributed by atoms with E-state index in [9.17, 15) is 0 Å². The zero-order chi connectivity index (χ0) is 19.9. The van der Waals surface area contributed by atoms with Crippen LogP contribution in [-0.4, -0.2) is 37.9 Å². The van der Waals surface area contributed by atoms with Crippen molar-refractivity contribution in [3.05, 3.63) is 30.3 Å². The van der Waals surface area contributed by atoms with Gasteiger partial charge in [-0.15, -0.1) is 0 Å². The number of aromatic amines is 1. The average Bonchev–Trinajstić information content (AvgIpc) is 3.15. The van der Waals surface area contributed by atoms with E-state index in [0.29, 0.717) is 23.9 Å². The number of ether oxygens (including phenoxy) is 4. The van der Waals surface area contributed by atoms with E-state index in [1.165, 1.54) is 19.3 Å². The molecule has 150 valence electrons. The summed E-state index contributed by atoms with van der Waals surface area (Å²) in [5, 5.41) is 0. The molecule has 28 heavy (non-hydrogen) atoms. The number of hydrogen-bond donors (Lipinski definition) is 1. The van der Waals surface area contributed by atoms with Crippen LogP contribution in [0.15, 0.2) is 30.3 Å². The lowest BCUT2D eigenvalue weighted by atomic mass is 10.2. The number of imidazole rings is 1. The van der Waals surface area contributed by atoms with Crippen LogP contribution in [-0.2, 0) is 0 Å². The van der Waals surface area contributed by atoms with Crippen molar-refractivity contribution < 1.29 is 18.9 Å². The maximum absolute atomic E-state index is 5.90. The molecule has 0 amide bonds. The largest absolute Gasteiger partial charge is 0.493 e. The molecule has 0 saturated heterocycles. The Balaban J connectivity index is 1.83. The highest BCUT2D eigenvalue weighted by molar-refractivity contribution is 5.83. The lowest BCUT2D eigenvalue weighted by Crippen LogP contribution is -1.99. The monoisotopic (exact) mass is 384 g/mol. The van der Waals surface area contributed by atoms with Gasteiger partial charge < -0.3 is 23.9 Å². The van der Waals surface area contributed by atoms with Crippen molar-refractivity contribution in [1.29, 1.82) is 0 Å². The van der Waals surface area contributed by atoms with E-state index < -0.39 is 0 Å². The van der Waals surface area contributed by atoms with Gasteiger partial charge in [-0.05, 0) is 24.6 Å². The third-order valence-electron chi connectivity index (χ3n) is 4.68. The number of hydrogen-bond acceptors (Lipinski definition) is 5. The molecule has 0 atom stereocenters. The van der Waals surface area contributed by atoms with Crippen molar-refractivity contribution in [3.8, 4) is 34.4 Å². The molecule has 0 aliphatic carbocycles. The van der Waals surface area contributed by atoms with E-state index in [4.69, 9.17) is 18.9 Å². The Morgan fingerprint density at radius 1 is 0.821 bits per heavy atom. The van der Waals surface area contributed by atoms with Crippen molar-refractivity contribution in [3.63, 3.8) is 0 Å². The number of methoxy groups -OCH3 is 3. The van der Waals surface area contributed by atoms with E-state index >= 15 is 0 Å². The predicted octanol–water partition coefficient (Wildman–Crippen LogP) is 5.21. The number of nitrogens with one attached hydrogen (secondary N) is 1. The first kappa shape index (κ1) is 19.9. The van der Waals surface area contributed by atoms with Crippen LogP contribution in [0.25, 0.3) is 22.4 Å². The maximum Gasteiger partial charge on any atom is 0.163 e. The number of nitrogens with zero attached hydrogens (tertiary/aromatic N) is 1. The fraction of sp³-hybridized carbons (Fsp3) is 0.409. The second kappa shape index (κ2) is 9.35. The topological polar surface area (TPSA) is 65.6 Å². The van der Waals surface area contributed by atoms with Gasteiger partial charge in [0.15, 0.2) is 23.0 Å². The van der Waals surface area contributed by atoms with Crippen LogP contribution in [0, 0.1) is 0 Å². The van der Waals surface area contributed by atoms with Crippen LogP contribution >= 0.6 is 0 Å². The Labute approximate surface area is 165 Å². The molecule has 3 rings (SSSR count). The van der Waals surface area contributed by atoms with Crippen molar-refractivity contribution in [2.24, 2.45) is 0 Å². The Morgan fingerprint density at radius 2 is 1.54 bits per heavy atom. The molecule has 6 heteroatoms. The molecular formula is C22H28N2O4. The summed E-state index contributed by atoms with van der Waals surface area (Å²) in [5.74, 6) is 3.51. The Kier molecular flexibility index (Phi) is 6.63.